The van der Waals surface area contributed by atoms with Crippen LogP contribution in [0.15, 0.2) is 121 Å². The molecule has 2 aromatic rings. The Balaban J connectivity index is 1.63. The van der Waals surface area contributed by atoms with E-state index >= 15 is 0 Å². The zero-order valence-electron chi connectivity index (χ0n) is 34.0. The molecule has 4 atom stereocenters. The number of nitrogens with one attached hydrogen (secondary N) is 2. The van der Waals surface area contributed by atoms with E-state index < -0.39 is 30.8 Å². The highest BCUT2D eigenvalue weighted by Gasteiger charge is 2.50. The number of cyclic esters (lactones) is 1. The zero-order valence-corrected chi connectivity index (χ0v) is 35.0. The molecule has 0 aliphatic carbocycles. The van der Waals surface area contributed by atoms with Crippen LogP contribution in [0.3, 0.4) is 0 Å². The van der Waals surface area contributed by atoms with Gasteiger partial charge in [0.15, 0.2) is 5.76 Å². The summed E-state index contributed by atoms with van der Waals surface area (Å²) in [7, 11) is -1.75. The van der Waals surface area contributed by atoms with Gasteiger partial charge in [0.2, 0.25) is 11.8 Å². The predicted molar refractivity (Wildman–Crippen MR) is 224 cm³/mol. The highest BCUT2D eigenvalue weighted by atomic mass is 28.4. The van der Waals surface area contributed by atoms with E-state index in [9.17, 15) is 19.2 Å². The number of hydrogen-bond acceptors (Lipinski definition) is 6. The number of benzene rings is 2. The average molecular weight is 765 g/mol. The molecule has 0 bridgehead atoms. The molecule has 3 N–H and O–H groups in total. The van der Waals surface area contributed by atoms with Gasteiger partial charge in [0, 0.05) is 24.8 Å². The van der Waals surface area contributed by atoms with Crippen molar-refractivity contribution in [3.8, 4) is 11.8 Å². The largest absolute Gasteiger partial charge is 0.490 e. The van der Waals surface area contributed by atoms with Crippen LogP contribution in [0.4, 0.5) is 0 Å². The van der Waals surface area contributed by atoms with Gasteiger partial charge in [0.05, 0.1) is 7.11 Å². The summed E-state index contributed by atoms with van der Waals surface area (Å²) in [5, 5.41) is 7.25. The standard InChI is InChI=1S/C46H60N2O6Si/c1-10-11-22-36(33-46(7,8)55(52,37-24-14-12-15-25-37)38-26-16-13-17-27-38)23-20-31-47-43(50)42(45(4,5)6)48-41(49)28-19-18-21-34(2)32-35(3)39-29-30-40(53-9)44(51)54-39/h12-21,24-28,30-32,35-36,39,42,52H,22-23,29,33H2,1-9H3,(H,47,50)(H,48,49)/b21-18-,28-19-,31-20-,34-32+/t35-,36-,39-,42+/m0/s1. The average Bonchev–Trinajstić information content (AvgIpc) is 3.15. The quantitative estimate of drug-likeness (QED) is 0.0525. The van der Waals surface area contributed by atoms with Gasteiger partial charge in [-0.05, 0) is 65.7 Å². The van der Waals surface area contributed by atoms with E-state index in [0.29, 0.717) is 19.3 Å². The lowest BCUT2D eigenvalue weighted by Gasteiger charge is -2.43. The summed E-state index contributed by atoms with van der Waals surface area (Å²) in [6.07, 6.45) is 16.3. The molecule has 2 aromatic carbocycles. The van der Waals surface area contributed by atoms with Gasteiger partial charge in [-0.15, -0.1) is 11.8 Å². The fourth-order valence-electron chi connectivity index (χ4n) is 6.98. The van der Waals surface area contributed by atoms with Crippen LogP contribution in [0.1, 0.15) is 81.1 Å². The Kier molecular flexibility index (Phi) is 16.7. The van der Waals surface area contributed by atoms with Crippen molar-refractivity contribution in [2.24, 2.45) is 17.3 Å². The number of hydrogen-bond donors (Lipinski definition) is 3. The maximum Gasteiger partial charge on any atom is 0.373 e. The molecule has 2 amide bonds. The van der Waals surface area contributed by atoms with Crippen molar-refractivity contribution in [3.05, 3.63) is 121 Å². The zero-order chi connectivity index (χ0) is 40.6. The van der Waals surface area contributed by atoms with Crippen molar-refractivity contribution in [3.63, 3.8) is 0 Å². The fraction of sp³-hybridized carbons (Fsp3) is 0.413. The first-order chi connectivity index (χ1) is 26.0. The summed E-state index contributed by atoms with van der Waals surface area (Å²) < 4.78 is 10.5. The molecule has 0 saturated carbocycles. The normalized spacial score (nSPS) is 17.2. The smallest absolute Gasteiger partial charge is 0.373 e. The van der Waals surface area contributed by atoms with Crippen LogP contribution in [0, 0.1) is 29.1 Å². The molecule has 9 heteroatoms. The first kappa shape index (κ1) is 44.5. The van der Waals surface area contributed by atoms with E-state index in [1.807, 2.05) is 120 Å². The molecule has 0 spiro atoms. The monoisotopic (exact) mass is 764 g/mol. The van der Waals surface area contributed by atoms with Crippen LogP contribution in [-0.4, -0.2) is 50.2 Å². The van der Waals surface area contributed by atoms with Gasteiger partial charge in [-0.3, -0.25) is 9.59 Å². The molecule has 1 aliphatic heterocycles. The fourth-order valence-corrected chi connectivity index (χ4v) is 10.8. The molecular formula is C46H60N2O6Si. The minimum atomic E-state index is -3.20. The lowest BCUT2D eigenvalue weighted by molar-refractivity contribution is -0.151. The van der Waals surface area contributed by atoms with E-state index in [4.69, 9.17) is 9.47 Å². The maximum atomic E-state index is 13.4. The second-order valence-electron chi connectivity index (χ2n) is 15.9. The van der Waals surface area contributed by atoms with Gasteiger partial charge in [-0.2, -0.15) is 0 Å². The number of carbonyl (C=O) groups excluding carboxylic acids is 3. The van der Waals surface area contributed by atoms with Crippen LogP contribution >= 0.6 is 0 Å². The van der Waals surface area contributed by atoms with Gasteiger partial charge in [0.1, 0.15) is 12.1 Å². The Morgan fingerprint density at radius 3 is 2.16 bits per heavy atom. The number of rotatable bonds is 17. The van der Waals surface area contributed by atoms with Crippen molar-refractivity contribution >= 4 is 36.5 Å². The third kappa shape index (κ3) is 12.8. The molecule has 294 valence electrons. The molecule has 0 fully saturated rings. The van der Waals surface area contributed by atoms with E-state index in [-0.39, 0.29) is 35.5 Å². The maximum absolute atomic E-state index is 13.4. The molecule has 0 radical (unpaired) electrons. The van der Waals surface area contributed by atoms with Crippen molar-refractivity contribution in [2.45, 2.75) is 98.3 Å². The lowest BCUT2D eigenvalue weighted by Crippen LogP contribution is -2.65. The molecule has 0 aromatic heterocycles. The van der Waals surface area contributed by atoms with Gasteiger partial charge < -0.3 is 24.9 Å². The summed E-state index contributed by atoms with van der Waals surface area (Å²) in [5.74, 6) is 5.45. The van der Waals surface area contributed by atoms with E-state index in [2.05, 4.69) is 36.3 Å². The highest BCUT2D eigenvalue weighted by Crippen LogP contribution is 2.43. The summed E-state index contributed by atoms with van der Waals surface area (Å²) >= 11 is 0. The van der Waals surface area contributed by atoms with E-state index in [1.54, 1.807) is 24.4 Å². The van der Waals surface area contributed by atoms with Crippen molar-refractivity contribution in [1.82, 2.24) is 10.6 Å². The van der Waals surface area contributed by atoms with Gasteiger partial charge >= 0.3 is 5.97 Å². The van der Waals surface area contributed by atoms with Crippen LogP contribution < -0.4 is 21.0 Å². The lowest BCUT2D eigenvalue weighted by atomic mass is 9.86. The summed E-state index contributed by atoms with van der Waals surface area (Å²) in [6.45, 7) is 15.8. The van der Waals surface area contributed by atoms with Crippen LogP contribution in [0.5, 0.6) is 0 Å². The Hall–Kier alpha value is -4.91. The molecule has 1 heterocycles. The van der Waals surface area contributed by atoms with Crippen molar-refractivity contribution < 1.29 is 28.7 Å². The summed E-state index contributed by atoms with van der Waals surface area (Å²) in [5.41, 5.74) is 0.397. The number of ether oxygens (including phenoxy) is 2. The van der Waals surface area contributed by atoms with Crippen molar-refractivity contribution in [1.29, 1.82) is 0 Å². The van der Waals surface area contributed by atoms with E-state index in [0.717, 1.165) is 22.4 Å². The van der Waals surface area contributed by atoms with Crippen LogP contribution in [0.2, 0.25) is 5.04 Å². The SMILES string of the molecule is CC#CC[C@@H](C/C=C\NC(=O)[C@@H](NC(=O)\C=C/C=C\C(C)=C\[C@H](C)[C@@H]1CC=C(OC)C(=O)O1)C(C)(C)C)CC(C)(C)[Si](O)(c1ccccc1)c1ccccc1. The van der Waals surface area contributed by atoms with Gasteiger partial charge in [0.25, 0.3) is 8.32 Å². The number of esters is 1. The Morgan fingerprint density at radius 2 is 1.62 bits per heavy atom. The number of amides is 2. The summed E-state index contributed by atoms with van der Waals surface area (Å²) in [6, 6.07) is 19.2. The van der Waals surface area contributed by atoms with Gasteiger partial charge in [-0.25, -0.2) is 4.79 Å². The third-order valence-corrected chi connectivity index (χ3v) is 14.5. The predicted octanol–water partition coefficient (Wildman–Crippen LogP) is 7.03. The first-order valence-electron chi connectivity index (χ1n) is 19.0. The number of allylic oxidation sites excluding steroid dienone is 5. The number of methoxy groups -OCH3 is 1. The highest BCUT2D eigenvalue weighted by molar-refractivity contribution is 6.98. The molecular weight excluding hydrogens is 705 g/mol. The first-order valence-corrected chi connectivity index (χ1v) is 21.0. The Morgan fingerprint density at radius 1 is 1.02 bits per heavy atom. The third-order valence-electron chi connectivity index (χ3n) is 10.0. The second-order valence-corrected chi connectivity index (χ2v) is 19.9. The minimum absolute atomic E-state index is 0.0145. The Bertz CT molecular complexity index is 1770. The minimum Gasteiger partial charge on any atom is -0.490 e. The summed E-state index contributed by atoms with van der Waals surface area (Å²) in [4.78, 5) is 51.0. The van der Waals surface area contributed by atoms with Crippen LogP contribution in [0.25, 0.3) is 0 Å². The molecule has 8 nitrogen and oxygen atoms in total. The number of carbonyl (C=O) groups is 3. The molecule has 55 heavy (non-hydrogen) atoms. The van der Waals surface area contributed by atoms with E-state index in [1.165, 1.54) is 13.2 Å². The van der Waals surface area contributed by atoms with Crippen molar-refractivity contribution in [2.75, 3.05) is 7.11 Å². The molecule has 1 aliphatic rings. The Labute approximate surface area is 330 Å². The molecule has 3 rings (SSSR count). The van der Waals surface area contributed by atoms with Gasteiger partial charge in [-0.1, -0.05) is 138 Å². The second kappa shape index (κ2) is 20.7. The topological polar surface area (TPSA) is 114 Å². The van der Waals surface area contributed by atoms with Crippen LogP contribution in [-0.2, 0) is 23.9 Å². The molecule has 0 unspecified atom stereocenters. The molecule has 0 saturated heterocycles.